The van der Waals surface area contributed by atoms with Gasteiger partial charge in [0.1, 0.15) is 5.60 Å². The van der Waals surface area contributed by atoms with Crippen LogP contribution in [0.25, 0.3) is 0 Å². The summed E-state index contributed by atoms with van der Waals surface area (Å²) in [6.07, 6.45) is 0.499. The second-order valence-electron chi connectivity index (χ2n) is 6.14. The Hall–Kier alpha value is -2.29. The zero-order chi connectivity index (χ0) is 18.4. The van der Waals surface area contributed by atoms with Crippen molar-refractivity contribution in [3.63, 3.8) is 0 Å². The van der Waals surface area contributed by atoms with Gasteiger partial charge in [-0.05, 0) is 45.0 Å². The largest absolute Gasteiger partial charge is 0.444 e. The van der Waals surface area contributed by atoms with E-state index in [2.05, 4.69) is 15.4 Å². The lowest BCUT2D eigenvalue weighted by molar-refractivity contribution is 0.0526. The van der Waals surface area contributed by atoms with Gasteiger partial charge in [-0.3, -0.25) is 9.52 Å². The molecule has 0 heterocycles. The smallest absolute Gasteiger partial charge is 0.407 e. The highest BCUT2D eigenvalue weighted by molar-refractivity contribution is 7.92. The van der Waals surface area contributed by atoms with Gasteiger partial charge in [-0.1, -0.05) is 0 Å². The maximum absolute atomic E-state index is 11.9. The average Bonchev–Trinajstić information content (AvgIpc) is 2.40. The van der Waals surface area contributed by atoms with E-state index >= 15 is 0 Å². The van der Waals surface area contributed by atoms with E-state index in [1.807, 2.05) is 0 Å². The number of hydrogen-bond acceptors (Lipinski definition) is 5. The van der Waals surface area contributed by atoms with Crippen LogP contribution in [-0.2, 0) is 14.8 Å². The Labute approximate surface area is 142 Å². The first kappa shape index (κ1) is 19.8. The molecule has 3 N–H and O–H groups in total. The van der Waals surface area contributed by atoms with Gasteiger partial charge in [-0.25, -0.2) is 13.2 Å². The van der Waals surface area contributed by atoms with E-state index < -0.39 is 21.7 Å². The lowest BCUT2D eigenvalue weighted by Gasteiger charge is -2.19. The summed E-state index contributed by atoms with van der Waals surface area (Å²) in [4.78, 5) is 23.3. The molecule has 0 aromatic heterocycles. The average molecular weight is 357 g/mol. The number of carbonyl (C=O) groups excluding carboxylic acids is 2. The molecular weight excluding hydrogens is 334 g/mol. The summed E-state index contributed by atoms with van der Waals surface area (Å²) in [5.41, 5.74) is 0.182. The number of benzene rings is 1. The van der Waals surface area contributed by atoms with Crippen molar-refractivity contribution in [3.05, 3.63) is 29.8 Å². The minimum Gasteiger partial charge on any atom is -0.444 e. The second kappa shape index (κ2) is 8.00. The SMILES string of the molecule is CC(C)(C)OC(=O)NCCNC(=O)c1ccc(NS(C)(=O)=O)cc1. The number of hydrogen-bond donors (Lipinski definition) is 3. The molecule has 24 heavy (non-hydrogen) atoms. The number of carbonyl (C=O) groups is 2. The summed E-state index contributed by atoms with van der Waals surface area (Å²) in [5.74, 6) is -0.327. The molecule has 8 nitrogen and oxygen atoms in total. The number of anilines is 1. The normalized spacial score (nSPS) is 11.5. The van der Waals surface area contributed by atoms with Gasteiger partial charge in [0.2, 0.25) is 10.0 Å². The molecule has 2 amide bonds. The Bertz CT molecular complexity index is 678. The van der Waals surface area contributed by atoms with Crippen LogP contribution in [0.1, 0.15) is 31.1 Å². The maximum Gasteiger partial charge on any atom is 0.407 e. The molecule has 1 rings (SSSR count). The summed E-state index contributed by atoms with van der Waals surface area (Å²) < 4.78 is 29.6. The van der Waals surface area contributed by atoms with Crippen molar-refractivity contribution in [2.24, 2.45) is 0 Å². The Morgan fingerprint density at radius 2 is 1.58 bits per heavy atom. The van der Waals surface area contributed by atoms with E-state index in [4.69, 9.17) is 4.74 Å². The molecule has 0 saturated heterocycles. The summed E-state index contributed by atoms with van der Waals surface area (Å²) in [6, 6.07) is 6.00. The van der Waals surface area contributed by atoms with Crippen LogP contribution in [0.4, 0.5) is 10.5 Å². The minimum absolute atomic E-state index is 0.231. The lowest BCUT2D eigenvalue weighted by Crippen LogP contribution is -2.37. The van der Waals surface area contributed by atoms with Gasteiger partial charge in [-0.15, -0.1) is 0 Å². The molecule has 1 aromatic carbocycles. The zero-order valence-corrected chi connectivity index (χ0v) is 15.0. The van der Waals surface area contributed by atoms with E-state index in [1.165, 1.54) is 24.3 Å². The first-order valence-electron chi connectivity index (χ1n) is 7.29. The molecule has 0 saturated carbocycles. The highest BCUT2D eigenvalue weighted by Gasteiger charge is 2.15. The molecule has 134 valence electrons. The molecule has 0 aliphatic carbocycles. The van der Waals surface area contributed by atoms with Crippen LogP contribution in [0, 0.1) is 0 Å². The first-order valence-corrected chi connectivity index (χ1v) is 9.18. The van der Waals surface area contributed by atoms with Crippen LogP contribution in [0.15, 0.2) is 24.3 Å². The molecule has 0 unspecified atom stereocenters. The predicted molar refractivity (Wildman–Crippen MR) is 91.5 cm³/mol. The van der Waals surface area contributed by atoms with Gasteiger partial charge >= 0.3 is 6.09 Å². The fourth-order valence-corrected chi connectivity index (χ4v) is 2.22. The highest BCUT2D eigenvalue weighted by atomic mass is 32.2. The van der Waals surface area contributed by atoms with Crippen molar-refractivity contribution in [1.29, 1.82) is 0 Å². The topological polar surface area (TPSA) is 114 Å². The van der Waals surface area contributed by atoms with Crippen LogP contribution in [-0.4, -0.2) is 45.4 Å². The molecular formula is C15H23N3O5S. The quantitative estimate of drug-likeness (QED) is 0.664. The van der Waals surface area contributed by atoms with Crippen molar-refractivity contribution in [3.8, 4) is 0 Å². The van der Waals surface area contributed by atoms with E-state index in [1.54, 1.807) is 20.8 Å². The minimum atomic E-state index is -3.35. The molecule has 1 aromatic rings. The van der Waals surface area contributed by atoms with Crippen molar-refractivity contribution < 1.29 is 22.7 Å². The Morgan fingerprint density at radius 1 is 1.04 bits per heavy atom. The third kappa shape index (κ3) is 8.37. The van der Waals surface area contributed by atoms with Crippen LogP contribution in [0.2, 0.25) is 0 Å². The van der Waals surface area contributed by atoms with Crippen LogP contribution >= 0.6 is 0 Å². The molecule has 0 fully saturated rings. The third-order valence-corrected chi connectivity index (χ3v) is 3.14. The van der Waals surface area contributed by atoms with Crippen LogP contribution in [0.5, 0.6) is 0 Å². The number of rotatable bonds is 6. The lowest BCUT2D eigenvalue weighted by atomic mass is 10.2. The first-order chi connectivity index (χ1) is 11.0. The fraction of sp³-hybridized carbons (Fsp3) is 0.467. The molecule has 0 bridgehead atoms. The zero-order valence-electron chi connectivity index (χ0n) is 14.2. The van der Waals surface area contributed by atoms with E-state index in [0.717, 1.165) is 6.26 Å². The van der Waals surface area contributed by atoms with Gasteiger partial charge in [0.25, 0.3) is 5.91 Å². The molecule has 0 atom stereocenters. The number of ether oxygens (including phenoxy) is 1. The van der Waals surface area contributed by atoms with E-state index in [9.17, 15) is 18.0 Å². The molecule has 0 spiro atoms. The molecule has 0 aliphatic heterocycles. The summed E-state index contributed by atoms with van der Waals surface area (Å²) in [5, 5.41) is 5.17. The summed E-state index contributed by atoms with van der Waals surface area (Å²) in [7, 11) is -3.35. The van der Waals surface area contributed by atoms with E-state index in [0.29, 0.717) is 11.3 Å². The van der Waals surface area contributed by atoms with Crippen LogP contribution < -0.4 is 15.4 Å². The third-order valence-electron chi connectivity index (χ3n) is 2.53. The number of amides is 2. The summed E-state index contributed by atoms with van der Waals surface area (Å²) in [6.45, 7) is 5.75. The number of sulfonamides is 1. The van der Waals surface area contributed by atoms with Crippen molar-refractivity contribution in [2.75, 3.05) is 24.1 Å². The van der Waals surface area contributed by atoms with Gasteiger partial charge in [0.05, 0.1) is 6.26 Å². The Morgan fingerprint density at radius 3 is 2.08 bits per heavy atom. The van der Waals surface area contributed by atoms with Crippen molar-refractivity contribution in [2.45, 2.75) is 26.4 Å². The van der Waals surface area contributed by atoms with Gasteiger partial charge in [0.15, 0.2) is 0 Å². The number of alkyl carbamates (subject to hydrolysis) is 1. The Balaban J connectivity index is 2.39. The molecule has 9 heteroatoms. The van der Waals surface area contributed by atoms with Crippen LogP contribution in [0.3, 0.4) is 0 Å². The molecule has 0 radical (unpaired) electrons. The van der Waals surface area contributed by atoms with Gasteiger partial charge in [-0.2, -0.15) is 0 Å². The number of nitrogens with one attached hydrogen (secondary N) is 3. The van der Waals surface area contributed by atoms with Crippen molar-refractivity contribution in [1.82, 2.24) is 10.6 Å². The monoisotopic (exact) mass is 357 g/mol. The summed E-state index contributed by atoms with van der Waals surface area (Å²) >= 11 is 0. The van der Waals surface area contributed by atoms with Gasteiger partial charge in [0, 0.05) is 24.3 Å². The maximum atomic E-state index is 11.9. The predicted octanol–water partition coefficient (Wildman–Crippen LogP) is 1.31. The molecule has 0 aliphatic rings. The second-order valence-corrected chi connectivity index (χ2v) is 7.88. The Kier molecular flexibility index (Phi) is 6.59. The fourth-order valence-electron chi connectivity index (χ4n) is 1.66. The van der Waals surface area contributed by atoms with Crippen molar-refractivity contribution >= 4 is 27.7 Å². The standard InChI is InChI=1S/C15H23N3O5S/c1-15(2,3)23-14(20)17-10-9-16-13(19)11-5-7-12(8-6-11)18-24(4,21)22/h5-8,18H,9-10H2,1-4H3,(H,16,19)(H,17,20). The highest BCUT2D eigenvalue weighted by Crippen LogP contribution is 2.10. The van der Waals surface area contributed by atoms with Gasteiger partial charge < -0.3 is 15.4 Å². The van der Waals surface area contributed by atoms with E-state index in [-0.39, 0.29) is 19.0 Å².